The van der Waals surface area contributed by atoms with E-state index < -0.39 is 17.6 Å². The average Bonchev–Trinajstić information content (AvgIpc) is 3.02. The summed E-state index contributed by atoms with van der Waals surface area (Å²) in [6, 6.07) is 15.9. The Bertz CT molecular complexity index is 1050. The summed E-state index contributed by atoms with van der Waals surface area (Å²) >= 11 is 0. The number of amides is 1. The van der Waals surface area contributed by atoms with Gasteiger partial charge in [-0.25, -0.2) is 9.59 Å². The van der Waals surface area contributed by atoms with Crippen molar-refractivity contribution in [2.75, 3.05) is 0 Å². The zero-order chi connectivity index (χ0) is 20.1. The molecule has 0 fully saturated rings. The topological polar surface area (TPSA) is 101 Å². The molecule has 0 aliphatic rings. The highest BCUT2D eigenvalue weighted by molar-refractivity contribution is 5.90. The molecule has 3 rings (SSSR count). The average molecular weight is 378 g/mol. The lowest BCUT2D eigenvalue weighted by Crippen LogP contribution is -2.56. The summed E-state index contributed by atoms with van der Waals surface area (Å²) in [5, 5.41) is 22.6. The van der Waals surface area contributed by atoms with Gasteiger partial charge in [-0.3, -0.25) is 5.32 Å². The van der Waals surface area contributed by atoms with Gasteiger partial charge >= 0.3 is 12.1 Å². The number of ether oxygens (including phenoxy) is 1. The van der Waals surface area contributed by atoms with E-state index in [0.717, 1.165) is 5.56 Å². The Morgan fingerprint density at radius 1 is 1.14 bits per heavy atom. The van der Waals surface area contributed by atoms with Crippen LogP contribution >= 0.6 is 0 Å². The monoisotopic (exact) mass is 378 g/mol. The third-order valence-electron chi connectivity index (χ3n) is 4.31. The van der Waals surface area contributed by atoms with E-state index in [1.54, 1.807) is 48.5 Å². The van der Waals surface area contributed by atoms with Crippen molar-refractivity contribution in [3.05, 3.63) is 66.4 Å². The van der Waals surface area contributed by atoms with Crippen LogP contribution in [0.2, 0.25) is 0 Å². The molecular weight excluding hydrogens is 360 g/mol. The second-order valence-electron chi connectivity index (χ2n) is 6.20. The molecule has 1 aromatic heterocycles. The van der Waals surface area contributed by atoms with Gasteiger partial charge in [0, 0.05) is 11.6 Å². The van der Waals surface area contributed by atoms with Crippen molar-refractivity contribution in [1.29, 1.82) is 0 Å². The minimum absolute atomic E-state index is 0.0152. The number of carbonyl (C=O) groups is 2. The smallest absolute Gasteiger partial charge is 0.409 e. The van der Waals surface area contributed by atoms with Gasteiger partial charge in [-0.15, -0.1) is 6.42 Å². The Kier molecular flexibility index (Phi) is 5.23. The second-order valence-corrected chi connectivity index (χ2v) is 6.20. The van der Waals surface area contributed by atoms with Gasteiger partial charge < -0.3 is 19.5 Å². The summed E-state index contributed by atoms with van der Waals surface area (Å²) in [5.41, 5.74) is -0.719. The third-order valence-corrected chi connectivity index (χ3v) is 4.31. The molecule has 0 spiro atoms. The van der Waals surface area contributed by atoms with Crippen molar-refractivity contribution in [2.45, 2.75) is 18.7 Å². The number of aliphatic carboxylic acids is 1. The molecule has 1 unspecified atom stereocenters. The van der Waals surface area contributed by atoms with Crippen molar-refractivity contribution in [3.63, 3.8) is 0 Å². The van der Waals surface area contributed by atoms with E-state index in [-0.39, 0.29) is 18.9 Å². The number of hydrogen-bond acceptors (Lipinski definition) is 4. The molecule has 3 aromatic rings. The van der Waals surface area contributed by atoms with Crippen molar-refractivity contribution in [2.24, 2.45) is 0 Å². The van der Waals surface area contributed by atoms with Crippen LogP contribution < -0.4 is 5.32 Å². The zero-order valence-electron chi connectivity index (χ0n) is 14.8. The van der Waals surface area contributed by atoms with Gasteiger partial charge in [-0.2, -0.15) is 0 Å². The van der Waals surface area contributed by atoms with Gasteiger partial charge in [0.25, 0.3) is 0 Å². The molecule has 28 heavy (non-hydrogen) atoms. The molecule has 142 valence electrons. The summed E-state index contributed by atoms with van der Waals surface area (Å²) in [6.07, 6.45) is 5.90. The number of terminal acetylenes is 1. The highest BCUT2D eigenvalue weighted by atomic mass is 16.5. The lowest BCUT2D eigenvalue weighted by Gasteiger charge is -2.25. The minimum Gasteiger partial charge on any atom is -0.506 e. The first-order valence-electron chi connectivity index (χ1n) is 8.42. The number of aromatic hydroxyl groups is 1. The van der Waals surface area contributed by atoms with Crippen molar-refractivity contribution < 1.29 is 24.5 Å². The lowest BCUT2D eigenvalue weighted by atomic mass is 10.0. The predicted molar refractivity (Wildman–Crippen MR) is 103 cm³/mol. The van der Waals surface area contributed by atoms with E-state index in [9.17, 15) is 19.8 Å². The molecule has 1 heterocycles. The van der Waals surface area contributed by atoms with Gasteiger partial charge in [0.05, 0.1) is 12.1 Å². The molecule has 1 amide bonds. The summed E-state index contributed by atoms with van der Waals surface area (Å²) in [7, 11) is 0. The largest absolute Gasteiger partial charge is 0.506 e. The van der Waals surface area contributed by atoms with Crippen LogP contribution in [-0.2, 0) is 22.7 Å². The summed E-state index contributed by atoms with van der Waals surface area (Å²) in [4.78, 5) is 24.1. The number of nitrogens with zero attached hydrogens (tertiary/aromatic N) is 1. The van der Waals surface area contributed by atoms with Crippen LogP contribution in [0.3, 0.4) is 0 Å². The fourth-order valence-electron chi connectivity index (χ4n) is 2.85. The van der Waals surface area contributed by atoms with E-state index >= 15 is 0 Å². The number of hydrogen-bond donors (Lipinski definition) is 3. The van der Waals surface area contributed by atoms with Crippen molar-refractivity contribution >= 4 is 23.0 Å². The molecular formula is C21H18N2O5. The van der Waals surface area contributed by atoms with Gasteiger partial charge in [-0.05, 0) is 17.7 Å². The van der Waals surface area contributed by atoms with Gasteiger partial charge in [0.15, 0.2) is 0 Å². The maximum absolute atomic E-state index is 12.2. The molecule has 3 N–H and O–H groups in total. The van der Waals surface area contributed by atoms with Crippen LogP contribution in [0.25, 0.3) is 10.9 Å². The molecule has 0 saturated heterocycles. The molecule has 7 heteroatoms. The number of rotatable bonds is 6. The number of fused-ring (bicyclic) bond motifs is 1. The Morgan fingerprint density at radius 3 is 2.50 bits per heavy atom. The predicted octanol–water partition coefficient (Wildman–Crippen LogP) is 2.73. The Morgan fingerprint density at radius 2 is 1.82 bits per heavy atom. The van der Waals surface area contributed by atoms with Crippen LogP contribution in [0.15, 0.2) is 60.8 Å². The molecule has 0 bridgehead atoms. The first-order valence-corrected chi connectivity index (χ1v) is 8.42. The number of carboxylic acids is 1. The molecule has 0 aliphatic heterocycles. The lowest BCUT2D eigenvalue weighted by molar-refractivity contribution is -0.142. The molecule has 2 aromatic carbocycles. The SMILES string of the molecule is C#CC(Cn1cc(O)c2ccccc21)(NC(=O)OCc1ccccc1)C(=O)O. The first kappa shape index (κ1) is 18.9. The number of aromatic nitrogens is 1. The number of benzene rings is 2. The van der Waals surface area contributed by atoms with Crippen LogP contribution in [0, 0.1) is 12.3 Å². The van der Waals surface area contributed by atoms with Crippen LogP contribution in [0.4, 0.5) is 4.79 Å². The number of para-hydroxylation sites is 1. The normalized spacial score (nSPS) is 12.7. The highest BCUT2D eigenvalue weighted by Crippen LogP contribution is 2.28. The fourth-order valence-corrected chi connectivity index (χ4v) is 2.85. The van der Waals surface area contributed by atoms with E-state index in [4.69, 9.17) is 11.2 Å². The number of nitrogens with one attached hydrogen (secondary N) is 1. The number of carboxylic acid groups (broad SMARTS) is 1. The van der Waals surface area contributed by atoms with E-state index in [1.807, 2.05) is 6.07 Å². The first-order chi connectivity index (χ1) is 13.4. The minimum atomic E-state index is -2.05. The molecule has 0 radical (unpaired) electrons. The molecule has 0 saturated carbocycles. The maximum atomic E-state index is 12.2. The Balaban J connectivity index is 1.81. The van der Waals surface area contributed by atoms with E-state index in [1.165, 1.54) is 10.8 Å². The second kappa shape index (κ2) is 7.76. The quantitative estimate of drug-likeness (QED) is 0.573. The van der Waals surface area contributed by atoms with Crippen LogP contribution in [-0.4, -0.2) is 32.4 Å². The van der Waals surface area contributed by atoms with Crippen molar-refractivity contribution in [1.82, 2.24) is 9.88 Å². The van der Waals surface area contributed by atoms with Crippen LogP contribution in [0.5, 0.6) is 5.75 Å². The summed E-state index contributed by atoms with van der Waals surface area (Å²) in [5.74, 6) is 0.724. The number of carbonyl (C=O) groups excluding carboxylic acids is 1. The Labute approximate surface area is 161 Å². The molecule has 1 atom stereocenters. The number of alkyl carbamates (subject to hydrolysis) is 1. The summed E-state index contributed by atoms with van der Waals surface area (Å²) in [6.45, 7) is -0.319. The van der Waals surface area contributed by atoms with E-state index in [2.05, 4.69) is 11.2 Å². The summed E-state index contributed by atoms with van der Waals surface area (Å²) < 4.78 is 6.58. The van der Waals surface area contributed by atoms with Gasteiger partial charge in [0.1, 0.15) is 12.4 Å². The standard InChI is InChI=1S/C21H18N2O5/c1-2-21(19(25)26,22-20(27)28-13-15-8-4-3-5-9-15)14-23-12-18(24)16-10-6-7-11-17(16)23/h1,3-12,24H,13-14H2,(H,22,27)(H,25,26). The van der Waals surface area contributed by atoms with Crippen molar-refractivity contribution in [3.8, 4) is 18.1 Å². The van der Waals surface area contributed by atoms with Gasteiger partial charge in [0.2, 0.25) is 5.54 Å². The molecule has 0 aliphatic carbocycles. The fraction of sp³-hybridized carbons (Fsp3) is 0.143. The molecule has 7 nitrogen and oxygen atoms in total. The highest BCUT2D eigenvalue weighted by Gasteiger charge is 2.40. The Hall–Kier alpha value is -3.92. The van der Waals surface area contributed by atoms with E-state index in [0.29, 0.717) is 10.9 Å². The third kappa shape index (κ3) is 3.76. The maximum Gasteiger partial charge on any atom is 0.409 e. The van der Waals surface area contributed by atoms with Crippen LogP contribution in [0.1, 0.15) is 5.56 Å². The zero-order valence-corrected chi connectivity index (χ0v) is 14.8. The van der Waals surface area contributed by atoms with Gasteiger partial charge in [-0.1, -0.05) is 48.4 Å².